The summed E-state index contributed by atoms with van der Waals surface area (Å²) in [7, 11) is 0. The molecular formula is C5H10BrCl. The molecule has 0 fully saturated rings. The fourth-order valence-corrected chi connectivity index (χ4v) is 1.02. The Morgan fingerprint density at radius 2 is 2.14 bits per heavy atom. The Kier molecular flexibility index (Phi) is 3.25. The van der Waals surface area contributed by atoms with E-state index in [4.69, 9.17) is 11.6 Å². The van der Waals surface area contributed by atoms with Crippen LogP contribution in [0.4, 0.5) is 0 Å². The Morgan fingerprint density at radius 1 is 1.71 bits per heavy atom. The standard InChI is InChI=1S/C5H10BrCl/c1-3-4-5(2,6)7/h3-4H2,1-2H3. The van der Waals surface area contributed by atoms with E-state index in [1.54, 1.807) is 0 Å². The van der Waals surface area contributed by atoms with Gasteiger partial charge in [0.05, 0.1) is 3.78 Å². The average Bonchev–Trinajstić information content (AvgIpc) is 1.30. The molecule has 0 aliphatic carbocycles. The zero-order chi connectivity index (χ0) is 5.91. The second kappa shape index (κ2) is 2.93. The lowest BCUT2D eigenvalue weighted by Crippen LogP contribution is -2.02. The maximum Gasteiger partial charge on any atom is 0.0964 e. The van der Waals surface area contributed by atoms with E-state index in [-0.39, 0.29) is 3.78 Å². The quantitative estimate of drug-likeness (QED) is 0.580. The van der Waals surface area contributed by atoms with Crippen molar-refractivity contribution in [3.8, 4) is 0 Å². The van der Waals surface area contributed by atoms with Crippen LogP contribution >= 0.6 is 27.5 Å². The van der Waals surface area contributed by atoms with Crippen LogP contribution in [-0.4, -0.2) is 3.78 Å². The largest absolute Gasteiger partial charge is 0.107 e. The molecule has 0 nitrogen and oxygen atoms in total. The van der Waals surface area contributed by atoms with Crippen molar-refractivity contribution in [2.45, 2.75) is 30.5 Å². The number of alkyl halides is 2. The molecular weight excluding hydrogens is 175 g/mol. The molecule has 1 atom stereocenters. The molecule has 7 heavy (non-hydrogen) atoms. The van der Waals surface area contributed by atoms with Crippen LogP contribution in [-0.2, 0) is 0 Å². The molecule has 0 amide bonds. The van der Waals surface area contributed by atoms with Gasteiger partial charge in [-0.05, 0) is 13.3 Å². The van der Waals surface area contributed by atoms with Gasteiger partial charge in [-0.15, -0.1) is 11.6 Å². The van der Waals surface area contributed by atoms with Gasteiger partial charge in [0, 0.05) is 0 Å². The van der Waals surface area contributed by atoms with Crippen molar-refractivity contribution in [1.29, 1.82) is 0 Å². The van der Waals surface area contributed by atoms with Crippen molar-refractivity contribution < 1.29 is 0 Å². The van der Waals surface area contributed by atoms with Crippen LogP contribution < -0.4 is 0 Å². The lowest BCUT2D eigenvalue weighted by molar-refractivity contribution is 0.748. The highest BCUT2D eigenvalue weighted by Gasteiger charge is 2.12. The van der Waals surface area contributed by atoms with E-state index in [1.807, 2.05) is 6.92 Å². The molecule has 0 aromatic rings. The Morgan fingerprint density at radius 3 is 2.14 bits per heavy atom. The summed E-state index contributed by atoms with van der Waals surface area (Å²) in [6.07, 6.45) is 2.15. The predicted molar refractivity (Wildman–Crippen MR) is 38.1 cm³/mol. The Labute approximate surface area is 58.4 Å². The maximum absolute atomic E-state index is 5.75. The van der Waals surface area contributed by atoms with Gasteiger partial charge in [0.1, 0.15) is 0 Å². The minimum Gasteiger partial charge on any atom is -0.107 e. The van der Waals surface area contributed by atoms with E-state index < -0.39 is 0 Å². The minimum atomic E-state index is -0.165. The average molecular weight is 185 g/mol. The topological polar surface area (TPSA) is 0 Å². The summed E-state index contributed by atoms with van der Waals surface area (Å²) in [4.78, 5) is 0. The number of hydrogen-bond donors (Lipinski definition) is 0. The molecule has 0 saturated carbocycles. The molecule has 0 aliphatic rings. The number of rotatable bonds is 2. The minimum absolute atomic E-state index is 0.165. The van der Waals surface area contributed by atoms with Gasteiger partial charge in [0.25, 0.3) is 0 Å². The molecule has 0 spiro atoms. The second-order valence-corrected chi connectivity index (χ2v) is 4.86. The summed E-state index contributed by atoms with van der Waals surface area (Å²) in [5.41, 5.74) is 0. The molecule has 0 rings (SSSR count). The number of halogens is 2. The predicted octanol–water partition coefficient (Wildman–Crippen LogP) is 3.14. The monoisotopic (exact) mass is 184 g/mol. The van der Waals surface area contributed by atoms with Crippen molar-refractivity contribution >= 4 is 27.5 Å². The molecule has 0 aromatic heterocycles. The van der Waals surface area contributed by atoms with Crippen molar-refractivity contribution in [3.63, 3.8) is 0 Å². The van der Waals surface area contributed by atoms with Gasteiger partial charge < -0.3 is 0 Å². The molecule has 0 heterocycles. The summed E-state index contributed by atoms with van der Waals surface area (Å²) in [6.45, 7) is 4.07. The lowest BCUT2D eigenvalue weighted by atomic mass is 10.3. The van der Waals surface area contributed by atoms with E-state index in [2.05, 4.69) is 22.9 Å². The Balaban J connectivity index is 3.15. The van der Waals surface area contributed by atoms with Crippen molar-refractivity contribution in [2.75, 3.05) is 0 Å². The SMILES string of the molecule is CCCC(C)(Cl)Br. The molecule has 0 bridgehead atoms. The molecule has 0 aromatic carbocycles. The smallest absolute Gasteiger partial charge is 0.0964 e. The van der Waals surface area contributed by atoms with Crippen molar-refractivity contribution in [3.05, 3.63) is 0 Å². The van der Waals surface area contributed by atoms with Crippen LogP contribution in [0.2, 0.25) is 0 Å². The van der Waals surface area contributed by atoms with Gasteiger partial charge in [-0.3, -0.25) is 0 Å². The van der Waals surface area contributed by atoms with Gasteiger partial charge >= 0.3 is 0 Å². The third-order valence-electron chi connectivity index (χ3n) is 0.689. The van der Waals surface area contributed by atoms with E-state index in [1.165, 1.54) is 0 Å². The summed E-state index contributed by atoms with van der Waals surface area (Å²) < 4.78 is -0.165. The van der Waals surface area contributed by atoms with Crippen molar-refractivity contribution in [1.82, 2.24) is 0 Å². The van der Waals surface area contributed by atoms with Gasteiger partial charge in [-0.25, -0.2) is 0 Å². The Bertz CT molecular complexity index is 46.5. The third kappa shape index (κ3) is 6.77. The fourth-order valence-electron chi connectivity index (χ4n) is 0.439. The first kappa shape index (κ1) is 7.77. The van der Waals surface area contributed by atoms with Crippen LogP contribution in [0.25, 0.3) is 0 Å². The van der Waals surface area contributed by atoms with Crippen LogP contribution in [0.15, 0.2) is 0 Å². The highest BCUT2D eigenvalue weighted by molar-refractivity contribution is 9.10. The first-order valence-electron chi connectivity index (χ1n) is 2.44. The summed E-state index contributed by atoms with van der Waals surface area (Å²) in [5.74, 6) is 0. The molecule has 1 unspecified atom stereocenters. The van der Waals surface area contributed by atoms with Crippen LogP contribution in [0.1, 0.15) is 26.7 Å². The van der Waals surface area contributed by atoms with Gasteiger partial charge in [0.2, 0.25) is 0 Å². The van der Waals surface area contributed by atoms with Crippen molar-refractivity contribution in [2.24, 2.45) is 0 Å². The van der Waals surface area contributed by atoms with Crippen LogP contribution in [0.5, 0.6) is 0 Å². The van der Waals surface area contributed by atoms with Gasteiger partial charge in [-0.1, -0.05) is 29.3 Å². The van der Waals surface area contributed by atoms with Crippen LogP contribution in [0.3, 0.4) is 0 Å². The number of hydrogen-bond acceptors (Lipinski definition) is 0. The fraction of sp³-hybridized carbons (Fsp3) is 1.00. The highest BCUT2D eigenvalue weighted by atomic mass is 79.9. The zero-order valence-corrected chi connectivity index (χ0v) is 7.01. The normalized spacial score (nSPS) is 18.9. The van der Waals surface area contributed by atoms with E-state index in [0.29, 0.717) is 0 Å². The summed E-state index contributed by atoms with van der Waals surface area (Å²) in [5, 5.41) is 0. The molecule has 0 saturated heterocycles. The molecule has 0 radical (unpaired) electrons. The summed E-state index contributed by atoms with van der Waals surface area (Å²) >= 11 is 9.05. The van der Waals surface area contributed by atoms with Gasteiger partial charge in [0.15, 0.2) is 0 Å². The van der Waals surface area contributed by atoms with E-state index in [0.717, 1.165) is 12.8 Å². The zero-order valence-electron chi connectivity index (χ0n) is 4.67. The molecule has 44 valence electrons. The maximum atomic E-state index is 5.75. The highest BCUT2D eigenvalue weighted by Crippen LogP contribution is 2.27. The summed E-state index contributed by atoms with van der Waals surface area (Å²) in [6, 6.07) is 0. The van der Waals surface area contributed by atoms with E-state index in [9.17, 15) is 0 Å². The third-order valence-corrected chi connectivity index (χ3v) is 1.27. The van der Waals surface area contributed by atoms with Crippen LogP contribution in [0, 0.1) is 0 Å². The molecule has 2 heteroatoms. The second-order valence-electron chi connectivity index (χ2n) is 1.82. The molecule has 0 N–H and O–H groups in total. The first-order chi connectivity index (χ1) is 3.06. The molecule has 0 aliphatic heterocycles. The van der Waals surface area contributed by atoms with Gasteiger partial charge in [-0.2, -0.15) is 0 Å². The van der Waals surface area contributed by atoms with E-state index >= 15 is 0 Å². The Hall–Kier alpha value is 0.770. The lowest BCUT2D eigenvalue weighted by Gasteiger charge is -2.09. The first-order valence-corrected chi connectivity index (χ1v) is 3.61.